The van der Waals surface area contributed by atoms with Crippen molar-refractivity contribution in [3.05, 3.63) is 29.8 Å². The number of rotatable bonds is 6. The van der Waals surface area contributed by atoms with Crippen LogP contribution < -0.4 is 16.0 Å². The molecule has 0 aliphatic heterocycles. The van der Waals surface area contributed by atoms with Gasteiger partial charge in [-0.15, -0.1) is 0 Å². The van der Waals surface area contributed by atoms with Gasteiger partial charge in [-0.25, -0.2) is 4.79 Å². The molecule has 7 heteroatoms. The highest BCUT2D eigenvalue weighted by molar-refractivity contribution is 6.01. The quantitative estimate of drug-likeness (QED) is 0.624. The number of benzene rings is 1. The summed E-state index contributed by atoms with van der Waals surface area (Å²) in [5.74, 6) is -1.10. The van der Waals surface area contributed by atoms with Gasteiger partial charge in [0, 0.05) is 7.05 Å². The Morgan fingerprint density at radius 2 is 1.75 bits per heavy atom. The summed E-state index contributed by atoms with van der Waals surface area (Å²) in [7, 11) is 2.78. The highest BCUT2D eigenvalue weighted by atomic mass is 16.5. The zero-order valence-electron chi connectivity index (χ0n) is 11.4. The average Bonchev–Trinajstić information content (AvgIpc) is 2.46. The number of esters is 1. The lowest BCUT2D eigenvalue weighted by Crippen LogP contribution is -2.36. The van der Waals surface area contributed by atoms with Crippen molar-refractivity contribution >= 4 is 23.5 Å². The summed E-state index contributed by atoms with van der Waals surface area (Å²) >= 11 is 0. The van der Waals surface area contributed by atoms with Crippen molar-refractivity contribution in [2.45, 2.75) is 0 Å². The first-order chi connectivity index (χ1) is 9.58. The molecule has 0 spiro atoms. The average molecular weight is 279 g/mol. The van der Waals surface area contributed by atoms with E-state index in [1.165, 1.54) is 14.2 Å². The molecular weight excluding hydrogens is 262 g/mol. The van der Waals surface area contributed by atoms with Crippen molar-refractivity contribution in [2.75, 3.05) is 32.6 Å². The Labute approximate surface area is 116 Å². The molecule has 1 aromatic carbocycles. The Balaban J connectivity index is 2.58. The Hall–Kier alpha value is -2.41. The molecule has 3 N–H and O–H groups in total. The number of para-hydroxylation sites is 1. The van der Waals surface area contributed by atoms with Gasteiger partial charge in [-0.3, -0.25) is 14.9 Å². The molecule has 0 radical (unpaired) electrons. The van der Waals surface area contributed by atoms with E-state index >= 15 is 0 Å². The first kappa shape index (κ1) is 15.6. The van der Waals surface area contributed by atoms with E-state index in [0.29, 0.717) is 5.69 Å². The molecule has 1 rings (SSSR count). The van der Waals surface area contributed by atoms with Crippen LogP contribution in [-0.4, -0.2) is 45.0 Å². The Bertz CT molecular complexity index is 502. The number of amides is 2. The number of carbonyl (C=O) groups excluding carboxylic acids is 3. The molecule has 0 aliphatic carbocycles. The van der Waals surface area contributed by atoms with E-state index < -0.39 is 5.97 Å². The first-order valence-electron chi connectivity index (χ1n) is 5.97. The predicted octanol–water partition coefficient (Wildman–Crippen LogP) is -0.253. The second-order valence-corrected chi connectivity index (χ2v) is 3.86. The summed E-state index contributed by atoms with van der Waals surface area (Å²) in [6.45, 7) is 0.00545. The van der Waals surface area contributed by atoms with Gasteiger partial charge in [-0.2, -0.15) is 0 Å². The van der Waals surface area contributed by atoms with Crippen LogP contribution in [0.15, 0.2) is 24.3 Å². The molecule has 1 aromatic rings. The first-order valence-corrected chi connectivity index (χ1v) is 5.97. The number of ether oxygens (including phenoxy) is 1. The van der Waals surface area contributed by atoms with E-state index in [0.717, 1.165) is 0 Å². The number of likely N-dealkylation sites (N-methyl/N-ethyl adjacent to an activating group) is 1. The van der Waals surface area contributed by atoms with Crippen LogP contribution in [0.3, 0.4) is 0 Å². The van der Waals surface area contributed by atoms with Gasteiger partial charge >= 0.3 is 5.97 Å². The molecule has 0 aromatic heterocycles. The summed E-state index contributed by atoms with van der Waals surface area (Å²) in [6.07, 6.45) is 0. The van der Waals surface area contributed by atoms with E-state index in [2.05, 4.69) is 20.7 Å². The smallest absolute Gasteiger partial charge is 0.339 e. The summed E-state index contributed by atoms with van der Waals surface area (Å²) in [6, 6.07) is 6.52. The van der Waals surface area contributed by atoms with Crippen molar-refractivity contribution in [2.24, 2.45) is 0 Å². The molecule has 0 aliphatic rings. The second-order valence-electron chi connectivity index (χ2n) is 3.86. The Kier molecular flexibility index (Phi) is 6.18. The van der Waals surface area contributed by atoms with E-state index in [9.17, 15) is 14.4 Å². The van der Waals surface area contributed by atoms with Gasteiger partial charge in [0.25, 0.3) is 0 Å². The minimum absolute atomic E-state index is 0.0388. The number of carbonyl (C=O) groups is 3. The van der Waals surface area contributed by atoms with Gasteiger partial charge in [0.2, 0.25) is 11.8 Å². The highest BCUT2D eigenvalue weighted by Gasteiger charge is 2.13. The van der Waals surface area contributed by atoms with Crippen LogP contribution in [0.4, 0.5) is 5.69 Å². The summed E-state index contributed by atoms with van der Waals surface area (Å²) in [5.41, 5.74) is 0.640. The van der Waals surface area contributed by atoms with Crippen LogP contribution in [-0.2, 0) is 14.3 Å². The molecule has 0 saturated carbocycles. The number of methoxy groups -OCH3 is 1. The molecular formula is C13H17N3O4. The van der Waals surface area contributed by atoms with Crippen molar-refractivity contribution in [1.29, 1.82) is 0 Å². The Morgan fingerprint density at radius 3 is 2.40 bits per heavy atom. The van der Waals surface area contributed by atoms with Crippen LogP contribution in [0.25, 0.3) is 0 Å². The molecule has 108 valence electrons. The number of hydrogen-bond donors (Lipinski definition) is 3. The molecule has 0 saturated heterocycles. The van der Waals surface area contributed by atoms with Gasteiger partial charge in [-0.1, -0.05) is 12.1 Å². The maximum atomic E-state index is 11.7. The predicted molar refractivity (Wildman–Crippen MR) is 73.3 cm³/mol. The lowest BCUT2D eigenvalue weighted by atomic mass is 10.2. The summed E-state index contributed by atoms with van der Waals surface area (Å²) in [5, 5.41) is 7.69. The van der Waals surface area contributed by atoms with Crippen LogP contribution in [0, 0.1) is 0 Å². The number of nitrogens with one attached hydrogen (secondary N) is 3. The molecule has 0 unspecified atom stereocenters. The van der Waals surface area contributed by atoms with Crippen molar-refractivity contribution in [3.63, 3.8) is 0 Å². The van der Waals surface area contributed by atoms with Crippen molar-refractivity contribution < 1.29 is 19.1 Å². The van der Waals surface area contributed by atoms with Gasteiger partial charge in [0.1, 0.15) is 0 Å². The zero-order valence-corrected chi connectivity index (χ0v) is 11.4. The highest BCUT2D eigenvalue weighted by Crippen LogP contribution is 2.15. The SMILES string of the molecule is CNC(=O)CNCC(=O)Nc1ccccc1C(=O)OC. The van der Waals surface area contributed by atoms with E-state index in [1.807, 2.05) is 0 Å². The van der Waals surface area contributed by atoms with E-state index in [1.54, 1.807) is 24.3 Å². The molecule has 7 nitrogen and oxygen atoms in total. The fourth-order valence-corrected chi connectivity index (χ4v) is 1.45. The third-order valence-electron chi connectivity index (χ3n) is 2.46. The summed E-state index contributed by atoms with van der Waals surface area (Å²) < 4.78 is 4.63. The molecule has 2 amide bonds. The van der Waals surface area contributed by atoms with E-state index in [-0.39, 0.29) is 30.5 Å². The second kappa shape index (κ2) is 7.90. The van der Waals surface area contributed by atoms with Crippen molar-refractivity contribution in [3.8, 4) is 0 Å². The van der Waals surface area contributed by atoms with Gasteiger partial charge in [-0.05, 0) is 12.1 Å². The van der Waals surface area contributed by atoms with Gasteiger partial charge in [0.15, 0.2) is 0 Å². The monoisotopic (exact) mass is 279 g/mol. The molecule has 0 bridgehead atoms. The molecule has 0 heterocycles. The maximum absolute atomic E-state index is 11.7. The normalized spacial score (nSPS) is 9.70. The van der Waals surface area contributed by atoms with Crippen LogP contribution in [0.2, 0.25) is 0 Å². The third kappa shape index (κ3) is 4.69. The maximum Gasteiger partial charge on any atom is 0.339 e. The lowest BCUT2D eigenvalue weighted by molar-refractivity contribution is -0.120. The van der Waals surface area contributed by atoms with Gasteiger partial charge < -0.3 is 15.4 Å². The largest absolute Gasteiger partial charge is 0.465 e. The summed E-state index contributed by atoms with van der Waals surface area (Å²) in [4.78, 5) is 34.2. The standard InChI is InChI=1S/C13H17N3O4/c1-14-11(17)7-15-8-12(18)16-10-6-4-3-5-9(10)13(19)20-2/h3-6,15H,7-8H2,1-2H3,(H,14,17)(H,16,18). The van der Waals surface area contributed by atoms with E-state index in [4.69, 9.17) is 0 Å². The Morgan fingerprint density at radius 1 is 1.10 bits per heavy atom. The molecule has 20 heavy (non-hydrogen) atoms. The number of hydrogen-bond acceptors (Lipinski definition) is 5. The fraction of sp³-hybridized carbons (Fsp3) is 0.308. The fourth-order valence-electron chi connectivity index (χ4n) is 1.45. The minimum Gasteiger partial charge on any atom is -0.465 e. The topological polar surface area (TPSA) is 96.5 Å². The van der Waals surface area contributed by atoms with Gasteiger partial charge in [0.05, 0.1) is 31.5 Å². The van der Waals surface area contributed by atoms with Crippen molar-refractivity contribution in [1.82, 2.24) is 10.6 Å². The van der Waals surface area contributed by atoms with Crippen LogP contribution in [0.1, 0.15) is 10.4 Å². The third-order valence-corrected chi connectivity index (χ3v) is 2.46. The lowest BCUT2D eigenvalue weighted by Gasteiger charge is -2.09. The number of anilines is 1. The molecule has 0 atom stereocenters. The van der Waals surface area contributed by atoms with Crippen LogP contribution >= 0.6 is 0 Å². The molecule has 0 fully saturated rings. The zero-order chi connectivity index (χ0) is 15.0. The van der Waals surface area contributed by atoms with Crippen LogP contribution in [0.5, 0.6) is 0 Å². The minimum atomic E-state index is -0.529.